The Morgan fingerprint density at radius 2 is 1.85 bits per heavy atom. The van der Waals surface area contributed by atoms with Crippen LogP contribution < -0.4 is 0 Å². The van der Waals surface area contributed by atoms with E-state index in [0.717, 1.165) is 8.66 Å². The first-order chi connectivity index (χ1) is 9.43. The Labute approximate surface area is 136 Å². The van der Waals surface area contributed by atoms with Crippen molar-refractivity contribution in [2.45, 2.75) is 18.4 Å². The van der Waals surface area contributed by atoms with E-state index in [2.05, 4.69) is 15.9 Å². The van der Waals surface area contributed by atoms with Crippen molar-refractivity contribution in [3.63, 3.8) is 0 Å². The average Bonchev–Trinajstić information content (AvgIpc) is 2.82. The molecule has 2 aromatic rings. The Balaban J connectivity index is 2.27. The zero-order valence-electron chi connectivity index (χ0n) is 10.7. The number of sulfonamides is 1. The lowest BCUT2D eigenvalue weighted by molar-refractivity contribution is 0.426. The normalized spacial score (nSPS) is 12.0. The van der Waals surface area contributed by atoms with Crippen LogP contribution in [0.2, 0.25) is 5.02 Å². The van der Waals surface area contributed by atoms with Crippen molar-refractivity contribution in [2.75, 3.05) is 6.54 Å². The third kappa shape index (κ3) is 3.62. The predicted molar refractivity (Wildman–Crippen MR) is 86.7 cm³/mol. The number of hydrogen-bond acceptors (Lipinski definition) is 3. The molecule has 1 aromatic heterocycles. The van der Waals surface area contributed by atoms with E-state index in [0.29, 0.717) is 18.1 Å². The van der Waals surface area contributed by atoms with Crippen LogP contribution in [0.15, 0.2) is 45.1 Å². The number of halogens is 2. The number of rotatable bonds is 5. The fourth-order valence-electron chi connectivity index (χ4n) is 1.73. The first-order valence-corrected chi connectivity index (χ1v) is 9.36. The van der Waals surface area contributed by atoms with Crippen LogP contribution in [-0.2, 0) is 16.6 Å². The van der Waals surface area contributed by atoms with E-state index in [-0.39, 0.29) is 4.90 Å². The second-order valence-electron chi connectivity index (χ2n) is 4.09. The van der Waals surface area contributed by atoms with Gasteiger partial charge in [-0.1, -0.05) is 18.5 Å². The summed E-state index contributed by atoms with van der Waals surface area (Å²) in [5.41, 5.74) is 0. The summed E-state index contributed by atoms with van der Waals surface area (Å²) in [4.78, 5) is 1.26. The molecule has 0 N–H and O–H groups in total. The summed E-state index contributed by atoms with van der Waals surface area (Å²) in [5, 5.41) is 0.522. The average molecular weight is 395 g/mol. The molecule has 0 radical (unpaired) electrons. The van der Waals surface area contributed by atoms with Gasteiger partial charge in [-0.15, -0.1) is 11.3 Å². The van der Waals surface area contributed by atoms with Crippen molar-refractivity contribution in [3.05, 3.63) is 50.1 Å². The van der Waals surface area contributed by atoms with Gasteiger partial charge < -0.3 is 0 Å². The summed E-state index contributed by atoms with van der Waals surface area (Å²) in [6.45, 7) is 2.62. The van der Waals surface area contributed by atoms with Gasteiger partial charge in [-0.05, 0) is 52.3 Å². The van der Waals surface area contributed by atoms with Gasteiger partial charge in [0, 0.05) is 23.0 Å². The number of benzene rings is 1. The molecule has 0 aliphatic rings. The van der Waals surface area contributed by atoms with Gasteiger partial charge in [0.1, 0.15) is 0 Å². The van der Waals surface area contributed by atoms with Gasteiger partial charge in [0.2, 0.25) is 10.0 Å². The van der Waals surface area contributed by atoms with E-state index in [1.54, 1.807) is 12.1 Å². The quantitative estimate of drug-likeness (QED) is 0.755. The molecule has 0 aliphatic carbocycles. The van der Waals surface area contributed by atoms with E-state index >= 15 is 0 Å². The van der Waals surface area contributed by atoms with Gasteiger partial charge in [0.25, 0.3) is 0 Å². The lowest BCUT2D eigenvalue weighted by atomic mass is 10.4. The molecular weight excluding hydrogens is 382 g/mol. The molecule has 2 rings (SSSR count). The van der Waals surface area contributed by atoms with Crippen LogP contribution in [0.3, 0.4) is 0 Å². The third-order valence-electron chi connectivity index (χ3n) is 2.77. The monoisotopic (exact) mass is 393 g/mol. The summed E-state index contributed by atoms with van der Waals surface area (Å²) in [6, 6.07) is 10.1. The minimum Gasteiger partial charge on any atom is -0.207 e. The van der Waals surface area contributed by atoms with Gasteiger partial charge in [0.15, 0.2) is 0 Å². The number of hydrogen-bond donors (Lipinski definition) is 0. The minimum absolute atomic E-state index is 0.263. The standard InChI is InChI=1S/C13H13BrClNO2S2/c1-2-16(9-11-5-8-13(14)19-11)20(17,18)12-6-3-10(15)4-7-12/h3-8H,2,9H2,1H3. The van der Waals surface area contributed by atoms with E-state index < -0.39 is 10.0 Å². The van der Waals surface area contributed by atoms with Gasteiger partial charge >= 0.3 is 0 Å². The molecule has 1 heterocycles. The van der Waals surface area contributed by atoms with Crippen LogP contribution >= 0.6 is 38.9 Å². The van der Waals surface area contributed by atoms with Gasteiger partial charge in [-0.25, -0.2) is 8.42 Å². The van der Waals surface area contributed by atoms with Crippen molar-refractivity contribution >= 4 is 48.9 Å². The molecule has 1 aromatic carbocycles. The van der Waals surface area contributed by atoms with Crippen molar-refractivity contribution in [1.29, 1.82) is 0 Å². The van der Waals surface area contributed by atoms with E-state index in [9.17, 15) is 8.42 Å². The molecule has 7 heteroatoms. The molecule has 0 unspecified atom stereocenters. The molecule has 0 aliphatic heterocycles. The van der Waals surface area contributed by atoms with Gasteiger partial charge in [-0.3, -0.25) is 0 Å². The molecule has 0 amide bonds. The maximum absolute atomic E-state index is 12.6. The second kappa shape index (κ2) is 6.58. The smallest absolute Gasteiger partial charge is 0.207 e. The summed E-state index contributed by atoms with van der Waals surface area (Å²) in [7, 11) is -3.49. The number of thiophene rings is 1. The molecule has 108 valence electrons. The molecule has 0 saturated heterocycles. The lowest BCUT2D eigenvalue weighted by Gasteiger charge is -2.19. The van der Waals surface area contributed by atoms with Gasteiger partial charge in [-0.2, -0.15) is 4.31 Å². The highest BCUT2D eigenvalue weighted by molar-refractivity contribution is 9.11. The summed E-state index contributed by atoms with van der Waals surface area (Å²) in [5.74, 6) is 0. The number of nitrogens with zero attached hydrogens (tertiary/aromatic N) is 1. The van der Waals surface area contributed by atoms with Crippen LogP contribution in [0.4, 0.5) is 0 Å². The highest BCUT2D eigenvalue weighted by Gasteiger charge is 2.23. The van der Waals surface area contributed by atoms with E-state index in [1.807, 2.05) is 19.1 Å². The van der Waals surface area contributed by atoms with Crippen LogP contribution in [0.1, 0.15) is 11.8 Å². The molecule has 0 saturated carbocycles. The third-order valence-corrected chi connectivity index (χ3v) is 6.56. The SMILES string of the molecule is CCN(Cc1ccc(Br)s1)S(=O)(=O)c1ccc(Cl)cc1. The first-order valence-electron chi connectivity index (χ1n) is 5.93. The van der Waals surface area contributed by atoms with Crippen molar-refractivity contribution in [2.24, 2.45) is 0 Å². The molecule has 3 nitrogen and oxygen atoms in total. The molecule has 20 heavy (non-hydrogen) atoms. The summed E-state index contributed by atoms with van der Waals surface area (Å²) >= 11 is 10.7. The van der Waals surface area contributed by atoms with Crippen LogP contribution in [0, 0.1) is 0 Å². The molecule has 0 bridgehead atoms. The largest absolute Gasteiger partial charge is 0.243 e. The maximum Gasteiger partial charge on any atom is 0.243 e. The summed E-state index contributed by atoms with van der Waals surface area (Å²) < 4.78 is 27.6. The highest BCUT2D eigenvalue weighted by Crippen LogP contribution is 2.26. The Bertz CT molecular complexity index is 683. The van der Waals surface area contributed by atoms with Gasteiger partial charge in [0.05, 0.1) is 8.68 Å². The zero-order valence-corrected chi connectivity index (χ0v) is 14.7. The van der Waals surface area contributed by atoms with E-state index in [4.69, 9.17) is 11.6 Å². The minimum atomic E-state index is -3.49. The maximum atomic E-state index is 12.6. The topological polar surface area (TPSA) is 37.4 Å². The Hall–Kier alpha value is -0.400. The Morgan fingerprint density at radius 1 is 1.20 bits per heavy atom. The molecule has 0 fully saturated rings. The fourth-order valence-corrected chi connectivity index (χ4v) is 4.87. The van der Waals surface area contributed by atoms with Crippen molar-refractivity contribution in [3.8, 4) is 0 Å². The van der Waals surface area contributed by atoms with Crippen LogP contribution in [0.25, 0.3) is 0 Å². The van der Waals surface area contributed by atoms with Crippen LogP contribution in [-0.4, -0.2) is 19.3 Å². The first kappa shape index (κ1) is 16.0. The lowest BCUT2D eigenvalue weighted by Crippen LogP contribution is -2.30. The van der Waals surface area contributed by atoms with E-state index in [1.165, 1.54) is 27.8 Å². The molecule has 0 atom stereocenters. The van der Waals surface area contributed by atoms with Crippen molar-refractivity contribution in [1.82, 2.24) is 4.31 Å². The zero-order chi connectivity index (χ0) is 14.8. The highest BCUT2D eigenvalue weighted by atomic mass is 79.9. The van der Waals surface area contributed by atoms with Crippen molar-refractivity contribution < 1.29 is 8.42 Å². The molecule has 0 spiro atoms. The fraction of sp³-hybridized carbons (Fsp3) is 0.231. The Morgan fingerprint density at radius 3 is 2.35 bits per heavy atom. The summed E-state index contributed by atoms with van der Waals surface area (Å²) in [6.07, 6.45) is 0. The Kier molecular flexibility index (Phi) is 5.25. The molecular formula is C13H13BrClNO2S2. The predicted octanol–water partition coefficient (Wildman–Crippen LogP) is 4.37. The second-order valence-corrected chi connectivity index (χ2v) is 9.01. The van der Waals surface area contributed by atoms with Crippen LogP contribution in [0.5, 0.6) is 0 Å².